The molecule has 0 bridgehead atoms. The van der Waals surface area contributed by atoms with E-state index >= 15 is 0 Å². The number of carbonyl (C=O) groups excluding carboxylic acids is 1. The van der Waals surface area contributed by atoms with Crippen molar-refractivity contribution in [3.63, 3.8) is 0 Å². The zero-order chi connectivity index (χ0) is 17.8. The van der Waals surface area contributed by atoms with E-state index in [2.05, 4.69) is 6.58 Å². The van der Waals surface area contributed by atoms with Crippen LogP contribution in [0.2, 0.25) is 0 Å². The maximum absolute atomic E-state index is 14.3. The lowest BCUT2D eigenvalue weighted by Crippen LogP contribution is -2.56. The number of alkyl halides is 2. The summed E-state index contributed by atoms with van der Waals surface area (Å²) in [5.74, 6) is -3.91. The van der Waals surface area contributed by atoms with Gasteiger partial charge in [-0.2, -0.15) is 5.26 Å². The minimum atomic E-state index is -3.28. The number of aliphatic hydroxyl groups excluding tert-OH is 1. The predicted molar refractivity (Wildman–Crippen MR) is 80.4 cm³/mol. The largest absolute Gasteiger partial charge is 0.487 e. The molecule has 0 aliphatic carbocycles. The van der Waals surface area contributed by atoms with Crippen molar-refractivity contribution in [2.45, 2.75) is 45.3 Å². The van der Waals surface area contributed by atoms with Gasteiger partial charge in [0.1, 0.15) is 17.3 Å². The summed E-state index contributed by atoms with van der Waals surface area (Å²) in [6.45, 7) is 7.09. The molecule has 23 heavy (non-hydrogen) atoms. The molecule has 1 amide bonds. The third-order valence-electron chi connectivity index (χ3n) is 3.64. The Morgan fingerprint density at radius 1 is 1.61 bits per heavy atom. The maximum Gasteiger partial charge on any atom is 0.301 e. The van der Waals surface area contributed by atoms with E-state index in [0.717, 1.165) is 4.90 Å². The van der Waals surface area contributed by atoms with Crippen molar-refractivity contribution in [2.24, 2.45) is 5.41 Å². The van der Waals surface area contributed by atoms with Crippen LogP contribution in [-0.2, 0) is 9.53 Å². The van der Waals surface area contributed by atoms with Gasteiger partial charge in [0.25, 0.3) is 5.91 Å². The van der Waals surface area contributed by atoms with Crippen LogP contribution in [-0.4, -0.2) is 47.1 Å². The third-order valence-corrected chi connectivity index (χ3v) is 3.64. The normalized spacial score (nSPS) is 22.9. The van der Waals surface area contributed by atoms with E-state index in [4.69, 9.17) is 10.00 Å². The van der Waals surface area contributed by atoms with Crippen molar-refractivity contribution in [2.75, 3.05) is 13.1 Å². The number of allylic oxidation sites excluding steroid dienone is 3. The minimum Gasteiger partial charge on any atom is -0.487 e. The number of amides is 1. The van der Waals surface area contributed by atoms with Crippen LogP contribution in [0.5, 0.6) is 0 Å². The Morgan fingerprint density at radius 3 is 2.65 bits per heavy atom. The Morgan fingerprint density at radius 2 is 2.22 bits per heavy atom. The number of nitrogens with zero attached hydrogens (tertiary/aromatic N) is 2. The van der Waals surface area contributed by atoms with Crippen LogP contribution in [0, 0.1) is 16.7 Å². The topological polar surface area (TPSA) is 73.6 Å². The van der Waals surface area contributed by atoms with Gasteiger partial charge in [-0.15, -0.1) is 0 Å². The van der Waals surface area contributed by atoms with Crippen molar-refractivity contribution in [1.82, 2.24) is 4.90 Å². The molecule has 0 aromatic carbocycles. The van der Waals surface area contributed by atoms with E-state index < -0.39 is 36.0 Å². The van der Waals surface area contributed by atoms with Gasteiger partial charge in [0.05, 0.1) is 12.6 Å². The number of carbonyl (C=O) groups is 1. The molecule has 1 fully saturated rings. The molecule has 0 radical (unpaired) electrons. The highest BCUT2D eigenvalue weighted by molar-refractivity contribution is 5.80. The van der Waals surface area contributed by atoms with Crippen LogP contribution in [0.15, 0.2) is 24.5 Å². The molecule has 1 aliphatic heterocycles. The standard InChI is InChI=1S/C16H22F2N2O3/c1-5-6-12(15(3,4)9-19)23-13-7-8-20(10-16(13,17)18)14(22)11(2)21/h5-6,11,13,21H,1,7-8,10H2,2-4H3/b12-6+/t11-,13?/m1/s1. The second-order valence-corrected chi connectivity index (χ2v) is 6.10. The van der Waals surface area contributed by atoms with Gasteiger partial charge >= 0.3 is 5.92 Å². The Balaban J connectivity index is 2.91. The van der Waals surface area contributed by atoms with E-state index in [9.17, 15) is 18.7 Å². The smallest absolute Gasteiger partial charge is 0.301 e. The zero-order valence-electron chi connectivity index (χ0n) is 13.6. The van der Waals surface area contributed by atoms with Crippen LogP contribution in [0.1, 0.15) is 27.2 Å². The lowest BCUT2D eigenvalue weighted by molar-refractivity contribution is -0.176. The van der Waals surface area contributed by atoms with E-state index in [1.165, 1.54) is 19.1 Å². The van der Waals surface area contributed by atoms with Gasteiger partial charge in [0, 0.05) is 13.0 Å². The summed E-state index contributed by atoms with van der Waals surface area (Å²) in [6.07, 6.45) is -0.0939. The van der Waals surface area contributed by atoms with E-state index in [-0.39, 0.29) is 18.7 Å². The number of likely N-dealkylation sites (tertiary alicyclic amines) is 1. The summed E-state index contributed by atoms with van der Waals surface area (Å²) in [5.41, 5.74) is -1.07. The molecule has 7 heteroatoms. The fourth-order valence-corrected chi connectivity index (χ4v) is 2.23. The van der Waals surface area contributed by atoms with Gasteiger partial charge in [-0.05, 0) is 26.8 Å². The summed E-state index contributed by atoms with van der Waals surface area (Å²) >= 11 is 0. The number of nitriles is 1. The molecule has 1 saturated heterocycles. The van der Waals surface area contributed by atoms with Crippen molar-refractivity contribution in [3.8, 4) is 6.07 Å². The molecule has 0 saturated carbocycles. The molecular formula is C16H22F2N2O3. The quantitative estimate of drug-likeness (QED) is 0.620. The number of ether oxygens (including phenoxy) is 1. The summed E-state index contributed by atoms with van der Waals surface area (Å²) in [4.78, 5) is 12.6. The first-order valence-electron chi connectivity index (χ1n) is 7.31. The van der Waals surface area contributed by atoms with Gasteiger partial charge < -0.3 is 14.7 Å². The van der Waals surface area contributed by atoms with Gasteiger partial charge in [-0.1, -0.05) is 12.7 Å². The molecule has 0 aromatic heterocycles. The molecule has 2 atom stereocenters. The Kier molecular flexibility index (Phi) is 5.89. The van der Waals surface area contributed by atoms with Crippen LogP contribution < -0.4 is 0 Å². The first-order chi connectivity index (χ1) is 10.5. The predicted octanol–water partition coefficient (Wildman–Crippen LogP) is 2.24. The van der Waals surface area contributed by atoms with Gasteiger partial charge in [-0.25, -0.2) is 8.78 Å². The fraction of sp³-hybridized carbons (Fsp3) is 0.625. The molecule has 1 unspecified atom stereocenters. The Bertz CT molecular complexity index is 536. The molecule has 1 heterocycles. The van der Waals surface area contributed by atoms with Crippen molar-refractivity contribution in [3.05, 3.63) is 24.5 Å². The Labute approximate surface area is 134 Å². The second-order valence-electron chi connectivity index (χ2n) is 6.10. The molecule has 1 rings (SSSR count). The van der Waals surface area contributed by atoms with Gasteiger partial charge in [-0.3, -0.25) is 4.79 Å². The molecule has 1 aliphatic rings. The lowest BCUT2D eigenvalue weighted by atomic mass is 9.92. The highest BCUT2D eigenvalue weighted by Gasteiger charge is 2.49. The molecule has 0 spiro atoms. The highest BCUT2D eigenvalue weighted by Crippen LogP contribution is 2.35. The van der Waals surface area contributed by atoms with Crippen LogP contribution >= 0.6 is 0 Å². The summed E-state index contributed by atoms with van der Waals surface area (Å²) in [7, 11) is 0. The first-order valence-corrected chi connectivity index (χ1v) is 7.31. The molecular weight excluding hydrogens is 306 g/mol. The van der Waals surface area contributed by atoms with E-state index in [1.807, 2.05) is 6.07 Å². The SMILES string of the molecule is C=C/C=C(/OC1CCN(C(=O)[C@@H](C)O)CC1(F)F)C(C)(C)C#N. The molecule has 5 nitrogen and oxygen atoms in total. The monoisotopic (exact) mass is 328 g/mol. The van der Waals surface area contributed by atoms with Crippen molar-refractivity contribution < 1.29 is 23.4 Å². The van der Waals surface area contributed by atoms with E-state index in [0.29, 0.717) is 0 Å². The molecule has 1 N–H and O–H groups in total. The summed E-state index contributed by atoms with van der Waals surface area (Å²) < 4.78 is 34.0. The van der Waals surface area contributed by atoms with Crippen LogP contribution in [0.25, 0.3) is 0 Å². The third kappa shape index (κ3) is 4.52. The molecule has 0 aromatic rings. The summed E-state index contributed by atoms with van der Waals surface area (Å²) in [6, 6.07) is 2.00. The van der Waals surface area contributed by atoms with Crippen LogP contribution in [0.3, 0.4) is 0 Å². The number of rotatable bonds is 5. The average Bonchev–Trinajstić information content (AvgIpc) is 2.46. The first kappa shape index (κ1) is 19.1. The maximum atomic E-state index is 14.3. The lowest BCUT2D eigenvalue weighted by Gasteiger charge is -2.39. The number of piperidine rings is 1. The number of halogens is 2. The van der Waals surface area contributed by atoms with Crippen LogP contribution in [0.4, 0.5) is 8.78 Å². The molecule has 128 valence electrons. The zero-order valence-corrected chi connectivity index (χ0v) is 13.6. The number of hydrogen-bond acceptors (Lipinski definition) is 4. The number of hydrogen-bond donors (Lipinski definition) is 1. The Hall–Kier alpha value is -1.94. The van der Waals surface area contributed by atoms with Gasteiger partial charge in [0.15, 0.2) is 6.10 Å². The van der Waals surface area contributed by atoms with Crippen molar-refractivity contribution in [1.29, 1.82) is 5.26 Å². The number of aliphatic hydroxyl groups is 1. The highest BCUT2D eigenvalue weighted by atomic mass is 19.3. The second kappa shape index (κ2) is 7.09. The van der Waals surface area contributed by atoms with Gasteiger partial charge in [0.2, 0.25) is 0 Å². The van der Waals surface area contributed by atoms with Crippen molar-refractivity contribution >= 4 is 5.91 Å². The fourth-order valence-electron chi connectivity index (χ4n) is 2.23. The summed E-state index contributed by atoms with van der Waals surface area (Å²) in [5, 5.41) is 18.4. The minimum absolute atomic E-state index is 0.0539. The average molecular weight is 328 g/mol. The van der Waals surface area contributed by atoms with E-state index in [1.54, 1.807) is 13.8 Å².